The second-order valence-electron chi connectivity index (χ2n) is 6.49. The van der Waals surface area contributed by atoms with Crippen LogP contribution in [0.25, 0.3) is 11.3 Å². The largest absolute Gasteiger partial charge is 0.435 e. The number of ether oxygens (including phenoxy) is 1. The number of nitrogens with one attached hydrogen (secondary N) is 1. The first-order valence-corrected chi connectivity index (χ1v) is 8.39. The van der Waals surface area contributed by atoms with E-state index >= 15 is 0 Å². The molecule has 1 aromatic heterocycles. The molecule has 3 N–H and O–H groups in total. The van der Waals surface area contributed by atoms with Crippen LogP contribution in [0.1, 0.15) is 30.6 Å². The summed E-state index contributed by atoms with van der Waals surface area (Å²) in [5, 5.41) is 6.69. The molecule has 0 aliphatic rings. The molecule has 0 fully saturated rings. The standard InChI is InChI=1S/C18H24F2N4O2.ClH/c1-11(2)15(21)7-8-24(3)17(25)14-10-22-23-16(14)12-5-4-6-13(9-12)26-18(19)20;/h4-6,9-11,15,18H,7-8,21H2,1-3H3,(H,22,23);1H. The Labute approximate surface area is 163 Å². The molecule has 1 aromatic carbocycles. The molecule has 1 amide bonds. The van der Waals surface area contributed by atoms with Crippen molar-refractivity contribution in [2.45, 2.75) is 32.9 Å². The maximum absolute atomic E-state index is 12.7. The van der Waals surface area contributed by atoms with Gasteiger partial charge < -0.3 is 15.4 Å². The highest BCUT2D eigenvalue weighted by Gasteiger charge is 2.20. The van der Waals surface area contributed by atoms with Gasteiger partial charge in [0.1, 0.15) is 5.75 Å². The normalized spacial score (nSPS) is 12.0. The van der Waals surface area contributed by atoms with E-state index in [1.54, 1.807) is 24.1 Å². The first kappa shape index (κ1) is 22.9. The van der Waals surface area contributed by atoms with Gasteiger partial charge in [0, 0.05) is 25.2 Å². The van der Waals surface area contributed by atoms with Crippen molar-refractivity contribution in [1.82, 2.24) is 15.1 Å². The van der Waals surface area contributed by atoms with E-state index in [1.165, 1.54) is 18.3 Å². The van der Waals surface area contributed by atoms with E-state index in [9.17, 15) is 13.6 Å². The highest BCUT2D eigenvalue weighted by Crippen LogP contribution is 2.26. The van der Waals surface area contributed by atoms with E-state index in [0.717, 1.165) is 0 Å². The number of aromatic amines is 1. The fraction of sp³-hybridized carbons (Fsp3) is 0.444. The number of hydrogen-bond acceptors (Lipinski definition) is 4. The number of benzene rings is 1. The van der Waals surface area contributed by atoms with Crippen LogP contribution in [0.15, 0.2) is 30.5 Å². The van der Waals surface area contributed by atoms with Crippen LogP contribution in [-0.4, -0.2) is 47.3 Å². The molecule has 0 saturated carbocycles. The molecular weight excluding hydrogens is 378 g/mol. The summed E-state index contributed by atoms with van der Waals surface area (Å²) in [6, 6.07) is 6.14. The Morgan fingerprint density at radius 3 is 2.70 bits per heavy atom. The summed E-state index contributed by atoms with van der Waals surface area (Å²) in [4.78, 5) is 14.3. The second kappa shape index (κ2) is 10.2. The number of carbonyl (C=O) groups is 1. The summed E-state index contributed by atoms with van der Waals surface area (Å²) in [5.41, 5.74) is 7.38. The number of rotatable bonds is 8. The molecule has 0 radical (unpaired) electrons. The van der Waals surface area contributed by atoms with E-state index in [4.69, 9.17) is 5.73 Å². The summed E-state index contributed by atoms with van der Waals surface area (Å²) in [6.45, 7) is 1.67. The maximum Gasteiger partial charge on any atom is 0.387 e. The Bertz CT molecular complexity index is 740. The first-order valence-electron chi connectivity index (χ1n) is 8.39. The lowest BCUT2D eigenvalue weighted by Crippen LogP contribution is -2.34. The summed E-state index contributed by atoms with van der Waals surface area (Å²) >= 11 is 0. The van der Waals surface area contributed by atoms with Gasteiger partial charge in [-0.1, -0.05) is 26.0 Å². The molecule has 0 spiro atoms. The van der Waals surface area contributed by atoms with Crippen LogP contribution in [0.5, 0.6) is 5.75 Å². The van der Waals surface area contributed by atoms with Crippen LogP contribution in [0.2, 0.25) is 0 Å². The van der Waals surface area contributed by atoms with Gasteiger partial charge in [-0.25, -0.2) is 0 Å². The Kier molecular flexibility index (Phi) is 8.65. The minimum Gasteiger partial charge on any atom is -0.435 e. The van der Waals surface area contributed by atoms with E-state index in [1.807, 2.05) is 13.8 Å². The van der Waals surface area contributed by atoms with Crippen molar-refractivity contribution >= 4 is 18.3 Å². The zero-order valence-corrected chi connectivity index (χ0v) is 16.3. The monoisotopic (exact) mass is 402 g/mol. The fourth-order valence-electron chi connectivity index (χ4n) is 2.48. The van der Waals surface area contributed by atoms with Gasteiger partial charge in [0.05, 0.1) is 17.5 Å². The minimum atomic E-state index is -2.91. The average Bonchev–Trinajstić information content (AvgIpc) is 3.07. The Morgan fingerprint density at radius 1 is 1.37 bits per heavy atom. The van der Waals surface area contributed by atoms with Crippen molar-refractivity contribution in [3.05, 3.63) is 36.0 Å². The van der Waals surface area contributed by atoms with Crippen LogP contribution < -0.4 is 10.5 Å². The number of aromatic nitrogens is 2. The Morgan fingerprint density at radius 2 is 2.07 bits per heavy atom. The number of nitrogens with zero attached hydrogens (tertiary/aromatic N) is 2. The van der Waals surface area contributed by atoms with Crippen molar-refractivity contribution in [3.63, 3.8) is 0 Å². The quantitative estimate of drug-likeness (QED) is 0.707. The summed E-state index contributed by atoms with van der Waals surface area (Å²) in [6.07, 6.45) is 2.11. The van der Waals surface area contributed by atoms with Crippen LogP contribution in [-0.2, 0) is 0 Å². The highest BCUT2D eigenvalue weighted by atomic mass is 35.5. The number of alkyl halides is 2. The molecular formula is C18H25ClF2N4O2. The molecule has 2 aromatic rings. The van der Waals surface area contributed by atoms with Crippen molar-refractivity contribution in [3.8, 4) is 17.0 Å². The molecule has 2 rings (SSSR count). The fourth-order valence-corrected chi connectivity index (χ4v) is 2.48. The van der Waals surface area contributed by atoms with Crippen LogP contribution in [0.3, 0.4) is 0 Å². The first-order chi connectivity index (χ1) is 12.3. The van der Waals surface area contributed by atoms with Gasteiger partial charge >= 0.3 is 6.61 Å². The lowest BCUT2D eigenvalue weighted by molar-refractivity contribution is -0.0498. The van der Waals surface area contributed by atoms with Gasteiger partial charge in [-0.05, 0) is 24.5 Å². The smallest absolute Gasteiger partial charge is 0.387 e. The van der Waals surface area contributed by atoms with E-state index in [-0.39, 0.29) is 30.1 Å². The minimum absolute atomic E-state index is 0. The van der Waals surface area contributed by atoms with Gasteiger partial charge in [0.15, 0.2) is 0 Å². The number of carbonyl (C=O) groups excluding carboxylic acids is 1. The number of hydrogen-bond donors (Lipinski definition) is 2. The number of H-pyrrole nitrogens is 1. The lowest BCUT2D eigenvalue weighted by atomic mass is 10.0. The predicted molar refractivity (Wildman–Crippen MR) is 102 cm³/mol. The zero-order valence-electron chi connectivity index (χ0n) is 15.5. The summed E-state index contributed by atoms with van der Waals surface area (Å²) < 4.78 is 29.2. The topological polar surface area (TPSA) is 84.2 Å². The number of nitrogens with two attached hydrogens (primary N) is 1. The molecule has 9 heteroatoms. The number of halogens is 3. The van der Waals surface area contributed by atoms with Gasteiger partial charge in [-0.3, -0.25) is 9.89 Å². The third kappa shape index (κ3) is 6.18. The van der Waals surface area contributed by atoms with Gasteiger partial charge in [-0.15, -0.1) is 12.4 Å². The molecule has 0 aliphatic heterocycles. The maximum atomic E-state index is 12.7. The van der Waals surface area contributed by atoms with Crippen molar-refractivity contribution < 1.29 is 18.3 Å². The molecule has 1 unspecified atom stereocenters. The summed E-state index contributed by atoms with van der Waals surface area (Å²) in [5.74, 6) is 0.132. The molecule has 27 heavy (non-hydrogen) atoms. The Balaban J connectivity index is 0.00000364. The zero-order chi connectivity index (χ0) is 19.3. The predicted octanol–water partition coefficient (Wildman–Crippen LogP) is 3.55. The van der Waals surface area contributed by atoms with Crippen molar-refractivity contribution in [2.24, 2.45) is 11.7 Å². The molecule has 0 saturated heterocycles. The van der Waals surface area contributed by atoms with Gasteiger partial charge in [0.2, 0.25) is 0 Å². The van der Waals surface area contributed by atoms with Crippen molar-refractivity contribution in [2.75, 3.05) is 13.6 Å². The summed E-state index contributed by atoms with van der Waals surface area (Å²) in [7, 11) is 1.70. The molecule has 1 atom stereocenters. The van der Waals surface area contributed by atoms with Crippen LogP contribution in [0.4, 0.5) is 8.78 Å². The van der Waals surface area contributed by atoms with E-state index in [2.05, 4.69) is 14.9 Å². The Hall–Kier alpha value is -2.19. The SMILES string of the molecule is CC(C)C(N)CCN(C)C(=O)c1cn[nH]c1-c1cccc(OC(F)F)c1.Cl. The van der Waals surface area contributed by atoms with Gasteiger partial charge in [-0.2, -0.15) is 13.9 Å². The molecule has 150 valence electrons. The van der Waals surface area contributed by atoms with E-state index in [0.29, 0.717) is 35.7 Å². The third-order valence-electron chi connectivity index (χ3n) is 4.22. The van der Waals surface area contributed by atoms with Crippen molar-refractivity contribution in [1.29, 1.82) is 0 Å². The molecule has 0 bridgehead atoms. The van der Waals surface area contributed by atoms with Gasteiger partial charge in [0.25, 0.3) is 5.91 Å². The van der Waals surface area contributed by atoms with Crippen LogP contribution >= 0.6 is 12.4 Å². The van der Waals surface area contributed by atoms with Crippen LogP contribution in [0, 0.1) is 5.92 Å². The lowest BCUT2D eigenvalue weighted by Gasteiger charge is -2.21. The third-order valence-corrected chi connectivity index (χ3v) is 4.22. The number of amides is 1. The highest BCUT2D eigenvalue weighted by molar-refractivity contribution is 5.99. The second-order valence-corrected chi connectivity index (χ2v) is 6.49. The molecule has 6 nitrogen and oxygen atoms in total. The average molecular weight is 403 g/mol. The molecule has 1 heterocycles. The van der Waals surface area contributed by atoms with E-state index < -0.39 is 6.61 Å². The molecule has 0 aliphatic carbocycles.